The van der Waals surface area contributed by atoms with Gasteiger partial charge in [-0.1, -0.05) is 12.5 Å². The van der Waals surface area contributed by atoms with Gasteiger partial charge >= 0.3 is 0 Å². The van der Waals surface area contributed by atoms with E-state index in [1.165, 1.54) is 12.0 Å². The van der Waals surface area contributed by atoms with Gasteiger partial charge < -0.3 is 10.2 Å². The van der Waals surface area contributed by atoms with Gasteiger partial charge in [0.1, 0.15) is 0 Å². The van der Waals surface area contributed by atoms with E-state index >= 15 is 0 Å². The van der Waals surface area contributed by atoms with Crippen LogP contribution in [-0.4, -0.2) is 34.9 Å². The van der Waals surface area contributed by atoms with Crippen molar-refractivity contribution in [1.29, 1.82) is 0 Å². The Morgan fingerprint density at radius 3 is 3.22 bits per heavy atom. The molecule has 96 valence electrons. The normalized spacial score (nSPS) is 23.6. The zero-order valence-corrected chi connectivity index (χ0v) is 10.6. The van der Waals surface area contributed by atoms with Crippen molar-refractivity contribution in [3.8, 4) is 0 Å². The van der Waals surface area contributed by atoms with Crippen LogP contribution in [0.25, 0.3) is 0 Å². The number of rotatable bonds is 1. The molecule has 1 fully saturated rings. The molecule has 3 rings (SSSR count). The Morgan fingerprint density at radius 1 is 1.44 bits per heavy atom. The Labute approximate surface area is 107 Å². The number of fused-ring (bicyclic) bond motifs is 1. The molecule has 0 bridgehead atoms. The number of amides is 1. The summed E-state index contributed by atoms with van der Waals surface area (Å²) in [5.74, 6) is 0.268. The first-order chi connectivity index (χ1) is 8.84. The number of carbonyl (C=O) groups excluding carboxylic acids is 1. The van der Waals surface area contributed by atoms with Crippen LogP contribution >= 0.6 is 0 Å². The predicted octanol–water partition coefficient (Wildman–Crippen LogP) is 1.11. The second-order valence-corrected chi connectivity index (χ2v) is 5.12. The molecule has 2 aliphatic rings. The van der Waals surface area contributed by atoms with Gasteiger partial charge in [0.25, 0.3) is 0 Å². The molecule has 1 amide bonds. The van der Waals surface area contributed by atoms with Crippen LogP contribution in [0.5, 0.6) is 0 Å². The third kappa shape index (κ3) is 2.25. The highest BCUT2D eigenvalue weighted by Crippen LogP contribution is 2.18. The standard InChI is InChI=1S/C14H19N3O/c18-14(13-5-1-2-7-16-13)17-9-6-12-11(10-17)4-3-8-15-12/h3-4,8,13,16H,1-2,5-7,9-10H2/t13-/m0/s1. The summed E-state index contributed by atoms with van der Waals surface area (Å²) in [7, 11) is 0. The zero-order valence-electron chi connectivity index (χ0n) is 10.6. The van der Waals surface area contributed by atoms with Crippen LogP contribution in [0.1, 0.15) is 30.5 Å². The molecule has 18 heavy (non-hydrogen) atoms. The monoisotopic (exact) mass is 245 g/mol. The number of hydrogen-bond acceptors (Lipinski definition) is 3. The van der Waals surface area contributed by atoms with Gasteiger partial charge in [-0.3, -0.25) is 9.78 Å². The minimum Gasteiger partial charge on any atom is -0.337 e. The second-order valence-electron chi connectivity index (χ2n) is 5.12. The highest BCUT2D eigenvalue weighted by molar-refractivity contribution is 5.82. The van der Waals surface area contributed by atoms with Gasteiger partial charge in [0, 0.05) is 31.4 Å². The Kier molecular flexibility index (Phi) is 3.28. The predicted molar refractivity (Wildman–Crippen MR) is 69.0 cm³/mol. The number of carbonyl (C=O) groups is 1. The molecule has 0 aliphatic carbocycles. The fourth-order valence-corrected chi connectivity index (χ4v) is 2.84. The van der Waals surface area contributed by atoms with E-state index in [0.717, 1.165) is 44.6 Å². The van der Waals surface area contributed by atoms with E-state index in [9.17, 15) is 4.79 Å². The molecule has 2 aliphatic heterocycles. The van der Waals surface area contributed by atoms with Gasteiger partial charge in [-0.2, -0.15) is 0 Å². The summed E-state index contributed by atoms with van der Waals surface area (Å²) in [6.45, 7) is 2.50. The van der Waals surface area contributed by atoms with Crippen LogP contribution in [-0.2, 0) is 17.8 Å². The van der Waals surface area contributed by atoms with Gasteiger partial charge in [0.15, 0.2) is 0 Å². The summed E-state index contributed by atoms with van der Waals surface area (Å²) in [5, 5.41) is 3.33. The van der Waals surface area contributed by atoms with E-state index in [4.69, 9.17) is 0 Å². The van der Waals surface area contributed by atoms with Crippen molar-refractivity contribution in [2.45, 2.75) is 38.3 Å². The molecule has 0 spiro atoms. The number of piperidine rings is 1. The molecule has 3 heterocycles. The minimum atomic E-state index is 0.0389. The lowest BCUT2D eigenvalue weighted by Crippen LogP contribution is -2.49. The van der Waals surface area contributed by atoms with Crippen LogP contribution in [0.3, 0.4) is 0 Å². The maximum Gasteiger partial charge on any atom is 0.240 e. The number of aromatic nitrogens is 1. The van der Waals surface area contributed by atoms with Crippen molar-refractivity contribution in [2.75, 3.05) is 13.1 Å². The molecule has 1 aromatic rings. The van der Waals surface area contributed by atoms with Crippen molar-refractivity contribution < 1.29 is 4.79 Å². The Morgan fingerprint density at radius 2 is 2.39 bits per heavy atom. The SMILES string of the molecule is O=C([C@@H]1CCCCN1)N1CCc2ncccc2C1. The minimum absolute atomic E-state index is 0.0389. The summed E-state index contributed by atoms with van der Waals surface area (Å²) in [6.07, 6.45) is 6.05. The van der Waals surface area contributed by atoms with Crippen LogP contribution in [0.2, 0.25) is 0 Å². The van der Waals surface area contributed by atoms with Gasteiger partial charge in [0.2, 0.25) is 5.91 Å². The number of nitrogens with zero attached hydrogens (tertiary/aromatic N) is 2. The van der Waals surface area contributed by atoms with Crippen molar-refractivity contribution >= 4 is 5.91 Å². The van der Waals surface area contributed by atoms with Gasteiger partial charge in [-0.05, 0) is 31.0 Å². The average Bonchev–Trinajstić information content (AvgIpc) is 2.47. The quantitative estimate of drug-likeness (QED) is 0.806. The number of nitrogens with one attached hydrogen (secondary N) is 1. The van der Waals surface area contributed by atoms with Gasteiger partial charge in [-0.15, -0.1) is 0 Å². The molecule has 0 radical (unpaired) electrons. The molecular weight excluding hydrogens is 226 g/mol. The van der Waals surface area contributed by atoms with Crippen molar-refractivity contribution in [3.63, 3.8) is 0 Å². The average molecular weight is 245 g/mol. The van der Waals surface area contributed by atoms with Crippen molar-refractivity contribution in [1.82, 2.24) is 15.2 Å². The lowest BCUT2D eigenvalue weighted by atomic mass is 10.0. The molecule has 1 atom stereocenters. The maximum absolute atomic E-state index is 12.4. The fourth-order valence-electron chi connectivity index (χ4n) is 2.84. The van der Waals surface area contributed by atoms with Crippen molar-refractivity contribution in [3.05, 3.63) is 29.6 Å². The Hall–Kier alpha value is -1.42. The first-order valence-electron chi connectivity index (χ1n) is 6.79. The van der Waals surface area contributed by atoms with Crippen LogP contribution < -0.4 is 5.32 Å². The maximum atomic E-state index is 12.4. The van der Waals surface area contributed by atoms with Crippen LogP contribution in [0, 0.1) is 0 Å². The first-order valence-corrected chi connectivity index (χ1v) is 6.79. The number of hydrogen-bond donors (Lipinski definition) is 1. The Bertz CT molecular complexity index is 440. The summed E-state index contributed by atoms with van der Waals surface area (Å²) in [4.78, 5) is 18.8. The third-order valence-corrected chi connectivity index (χ3v) is 3.88. The van der Waals surface area contributed by atoms with Crippen LogP contribution in [0.15, 0.2) is 18.3 Å². The Balaban J connectivity index is 1.69. The van der Waals surface area contributed by atoms with E-state index in [-0.39, 0.29) is 11.9 Å². The van der Waals surface area contributed by atoms with E-state index in [1.54, 1.807) is 0 Å². The fraction of sp³-hybridized carbons (Fsp3) is 0.571. The molecule has 0 aromatic carbocycles. The van der Waals surface area contributed by atoms with E-state index in [2.05, 4.69) is 16.4 Å². The highest BCUT2D eigenvalue weighted by Gasteiger charge is 2.28. The van der Waals surface area contributed by atoms with E-state index in [0.29, 0.717) is 0 Å². The molecule has 0 saturated carbocycles. The molecule has 1 aromatic heterocycles. The van der Waals surface area contributed by atoms with Gasteiger partial charge in [0.05, 0.1) is 6.04 Å². The molecule has 1 N–H and O–H groups in total. The van der Waals surface area contributed by atoms with Crippen LogP contribution in [0.4, 0.5) is 0 Å². The van der Waals surface area contributed by atoms with E-state index in [1.807, 2.05) is 17.2 Å². The third-order valence-electron chi connectivity index (χ3n) is 3.88. The zero-order chi connectivity index (χ0) is 12.4. The highest BCUT2D eigenvalue weighted by atomic mass is 16.2. The lowest BCUT2D eigenvalue weighted by Gasteiger charge is -2.33. The summed E-state index contributed by atoms with van der Waals surface area (Å²) < 4.78 is 0. The molecule has 4 nitrogen and oxygen atoms in total. The first kappa shape index (κ1) is 11.7. The largest absolute Gasteiger partial charge is 0.337 e. The van der Waals surface area contributed by atoms with Crippen molar-refractivity contribution in [2.24, 2.45) is 0 Å². The summed E-state index contributed by atoms with van der Waals surface area (Å²) >= 11 is 0. The summed E-state index contributed by atoms with van der Waals surface area (Å²) in [5.41, 5.74) is 2.35. The smallest absolute Gasteiger partial charge is 0.240 e. The summed E-state index contributed by atoms with van der Waals surface area (Å²) in [6, 6.07) is 4.07. The molecule has 1 saturated heterocycles. The molecular formula is C14H19N3O. The van der Waals surface area contributed by atoms with E-state index < -0.39 is 0 Å². The van der Waals surface area contributed by atoms with Gasteiger partial charge in [-0.25, -0.2) is 0 Å². The number of pyridine rings is 1. The molecule has 4 heteroatoms. The second kappa shape index (κ2) is 5.06. The lowest BCUT2D eigenvalue weighted by molar-refractivity contribution is -0.135. The topological polar surface area (TPSA) is 45.2 Å². The molecule has 0 unspecified atom stereocenters.